The van der Waals surface area contributed by atoms with E-state index in [4.69, 9.17) is 0 Å². The molecule has 22 heteroatoms. The van der Waals surface area contributed by atoms with Crippen molar-refractivity contribution in [2.75, 3.05) is 0 Å². The zero-order chi connectivity index (χ0) is 42.0. The molecule has 8 aromatic rings. The first-order chi connectivity index (χ1) is 27.9. The highest BCUT2D eigenvalue weighted by Gasteiger charge is 2.23. The van der Waals surface area contributed by atoms with Gasteiger partial charge in [0.2, 0.25) is 0 Å². The van der Waals surface area contributed by atoms with Crippen molar-refractivity contribution in [3.63, 3.8) is 0 Å². The molecule has 8 rings (SSSR count). The molecule has 7 aromatic carbocycles. The molecule has 0 bridgehead atoms. The van der Waals surface area contributed by atoms with Crippen LogP contribution in [0.25, 0.3) is 49.0 Å². The largest absolute Gasteiger partial charge is 0.506 e. The Labute approximate surface area is 332 Å². The number of hydrogen-bond acceptors (Lipinski definition) is 15. The van der Waals surface area contributed by atoms with E-state index in [0.717, 1.165) is 6.07 Å². The normalized spacial score (nSPS) is 12.9. The maximum Gasteiger partial charge on any atom is 0.295 e. The highest BCUT2D eigenvalue weighted by atomic mass is 32.2. The summed E-state index contributed by atoms with van der Waals surface area (Å²) in [6.45, 7) is -0.542. The lowest BCUT2D eigenvalue weighted by Crippen LogP contribution is -2.04. The van der Waals surface area contributed by atoms with Gasteiger partial charge < -0.3 is 15.3 Å². The quantitative estimate of drug-likeness (QED) is 0.0611. The second kappa shape index (κ2) is 14.2. The molecule has 0 atom stereocenters. The van der Waals surface area contributed by atoms with Gasteiger partial charge in [-0.25, -0.2) is 0 Å². The molecule has 0 saturated carbocycles. The van der Waals surface area contributed by atoms with Crippen LogP contribution in [0.15, 0.2) is 138 Å². The standard InChI is InChI=1S/C37H25N7O12S3/c45-18-21-13-32(33(46)17-31(21)40-38-22-6-4-19-2-1-3-34(27(19)14-22)58(51,52)53)41-39-30-10-5-20-12-23(7-8-25(20)37(30)47)44-42-29-11-9-26-28(36(29)43-44)15-24(57(48,49)50)16-35(26)59(54,55)56/h1-17,45-47H,18H2,(H,48,49,50)(H,51,52,53)(H,54,55,56). The summed E-state index contributed by atoms with van der Waals surface area (Å²) in [7, 11) is -14.3. The average molecular weight is 856 g/mol. The fourth-order valence-corrected chi connectivity index (χ4v) is 8.42. The van der Waals surface area contributed by atoms with E-state index in [2.05, 4.69) is 30.7 Å². The molecular weight excluding hydrogens is 831 g/mol. The maximum absolute atomic E-state index is 12.1. The smallest absolute Gasteiger partial charge is 0.295 e. The number of phenols is 2. The number of fused-ring (bicyclic) bond motifs is 5. The number of aliphatic hydroxyl groups is 1. The van der Waals surface area contributed by atoms with Crippen molar-refractivity contribution in [1.29, 1.82) is 0 Å². The molecule has 0 unspecified atom stereocenters. The van der Waals surface area contributed by atoms with E-state index in [0.29, 0.717) is 27.9 Å². The topological polar surface area (TPSA) is 304 Å². The van der Waals surface area contributed by atoms with E-state index in [1.165, 1.54) is 59.4 Å². The van der Waals surface area contributed by atoms with Gasteiger partial charge in [-0.15, -0.1) is 20.4 Å². The van der Waals surface area contributed by atoms with E-state index >= 15 is 0 Å². The summed E-state index contributed by atoms with van der Waals surface area (Å²) in [5.74, 6) is -0.676. The number of phenolic OH excluding ortho intramolecular Hbond substituents is 2. The molecule has 6 N–H and O–H groups in total. The third-order valence-electron chi connectivity index (χ3n) is 9.17. The Balaban J connectivity index is 1.08. The second-order valence-electron chi connectivity index (χ2n) is 12.9. The molecule has 0 aliphatic carbocycles. The van der Waals surface area contributed by atoms with Gasteiger partial charge in [0, 0.05) is 33.2 Å². The van der Waals surface area contributed by atoms with Crippen LogP contribution in [0.4, 0.5) is 22.7 Å². The molecule has 0 aliphatic heterocycles. The number of azo groups is 2. The fraction of sp³-hybridized carbons (Fsp3) is 0.0270. The lowest BCUT2D eigenvalue weighted by molar-refractivity contribution is 0.282. The molecule has 0 amide bonds. The van der Waals surface area contributed by atoms with Gasteiger partial charge in [0.05, 0.1) is 28.6 Å². The number of aromatic hydroxyl groups is 2. The summed E-state index contributed by atoms with van der Waals surface area (Å²) in [6.07, 6.45) is 0. The monoisotopic (exact) mass is 855 g/mol. The molecule has 19 nitrogen and oxygen atoms in total. The van der Waals surface area contributed by atoms with Gasteiger partial charge >= 0.3 is 0 Å². The zero-order valence-electron chi connectivity index (χ0n) is 29.5. The first-order valence-corrected chi connectivity index (χ1v) is 21.1. The molecule has 0 aliphatic rings. The third-order valence-corrected chi connectivity index (χ3v) is 11.8. The number of hydrogen-bond donors (Lipinski definition) is 6. The van der Waals surface area contributed by atoms with Gasteiger partial charge in [-0.05, 0) is 77.5 Å². The van der Waals surface area contributed by atoms with Crippen LogP contribution in [-0.4, -0.2) is 69.2 Å². The number of aliphatic hydroxyl groups excluding tert-OH is 1. The van der Waals surface area contributed by atoms with Crippen LogP contribution in [0.2, 0.25) is 0 Å². The van der Waals surface area contributed by atoms with E-state index < -0.39 is 52.5 Å². The van der Waals surface area contributed by atoms with Gasteiger partial charge in [-0.2, -0.15) is 40.3 Å². The Kier molecular flexibility index (Phi) is 9.43. The molecule has 1 heterocycles. The summed E-state index contributed by atoms with van der Waals surface area (Å²) in [5, 5.41) is 58.6. The molecule has 0 radical (unpaired) electrons. The zero-order valence-corrected chi connectivity index (χ0v) is 32.0. The fourth-order valence-electron chi connectivity index (χ4n) is 6.37. The minimum atomic E-state index is -4.92. The summed E-state index contributed by atoms with van der Waals surface area (Å²) >= 11 is 0. The number of nitrogens with zero attached hydrogens (tertiary/aromatic N) is 7. The van der Waals surface area contributed by atoms with Gasteiger partial charge in [-0.1, -0.05) is 30.3 Å². The van der Waals surface area contributed by atoms with Crippen molar-refractivity contribution in [3.8, 4) is 17.2 Å². The molecule has 0 fully saturated rings. The molecule has 0 spiro atoms. The van der Waals surface area contributed by atoms with Crippen molar-refractivity contribution in [2.24, 2.45) is 20.5 Å². The lowest BCUT2D eigenvalue weighted by Gasteiger charge is -2.07. The van der Waals surface area contributed by atoms with Gasteiger partial charge in [0.1, 0.15) is 37.9 Å². The summed E-state index contributed by atoms with van der Waals surface area (Å²) < 4.78 is 101. The first-order valence-electron chi connectivity index (χ1n) is 16.7. The minimum Gasteiger partial charge on any atom is -0.506 e. The SMILES string of the molecule is O=S(=O)(O)c1cc(S(=O)(=O)O)c2ccc3nn(-c4ccc5c(O)c(N=Nc6cc(CO)c(N=Nc7ccc8cccc(S(=O)(=O)O)c8c7)cc6O)ccc5c4)nc3c2c1. The summed E-state index contributed by atoms with van der Waals surface area (Å²) in [6, 6.07) is 23.6. The van der Waals surface area contributed by atoms with E-state index in [1.807, 2.05) is 0 Å². The molecule has 298 valence electrons. The van der Waals surface area contributed by atoms with E-state index in [9.17, 15) is 54.2 Å². The Hall–Kier alpha value is -6.79. The molecular formula is C37H25N7O12S3. The highest BCUT2D eigenvalue weighted by molar-refractivity contribution is 7.87. The third kappa shape index (κ3) is 7.43. The summed E-state index contributed by atoms with van der Waals surface area (Å²) in [5.41, 5.74) is 1.06. The first kappa shape index (κ1) is 39.1. The Bertz CT molecular complexity index is 3500. The van der Waals surface area contributed by atoms with E-state index in [1.54, 1.807) is 36.4 Å². The van der Waals surface area contributed by atoms with Crippen LogP contribution >= 0.6 is 0 Å². The average Bonchev–Trinajstić information content (AvgIpc) is 3.63. The van der Waals surface area contributed by atoms with Crippen LogP contribution in [0, 0.1) is 0 Å². The van der Waals surface area contributed by atoms with Crippen molar-refractivity contribution < 1.29 is 54.2 Å². The van der Waals surface area contributed by atoms with Crippen LogP contribution in [0.3, 0.4) is 0 Å². The summed E-state index contributed by atoms with van der Waals surface area (Å²) in [4.78, 5) is -0.653. The molecule has 0 saturated heterocycles. The van der Waals surface area contributed by atoms with Crippen LogP contribution in [0.5, 0.6) is 11.5 Å². The number of benzene rings is 7. The minimum absolute atomic E-state index is 0.0123. The predicted molar refractivity (Wildman–Crippen MR) is 211 cm³/mol. The molecule has 59 heavy (non-hydrogen) atoms. The van der Waals surface area contributed by atoms with Gasteiger partial charge in [-0.3, -0.25) is 13.7 Å². The van der Waals surface area contributed by atoms with Crippen LogP contribution in [-0.2, 0) is 37.0 Å². The van der Waals surface area contributed by atoms with Crippen molar-refractivity contribution in [3.05, 3.63) is 109 Å². The van der Waals surface area contributed by atoms with Crippen LogP contribution < -0.4 is 0 Å². The van der Waals surface area contributed by atoms with Gasteiger partial charge in [0.25, 0.3) is 30.4 Å². The van der Waals surface area contributed by atoms with Crippen molar-refractivity contribution in [2.45, 2.75) is 21.3 Å². The van der Waals surface area contributed by atoms with Crippen molar-refractivity contribution in [1.82, 2.24) is 15.0 Å². The van der Waals surface area contributed by atoms with Gasteiger partial charge in [0.15, 0.2) is 5.75 Å². The van der Waals surface area contributed by atoms with Crippen molar-refractivity contribution >= 4 is 96.5 Å². The lowest BCUT2D eigenvalue weighted by atomic mass is 10.1. The predicted octanol–water partition coefficient (Wildman–Crippen LogP) is 7.35. The maximum atomic E-state index is 12.1. The van der Waals surface area contributed by atoms with Crippen LogP contribution in [0.1, 0.15) is 5.56 Å². The Morgan fingerprint density at radius 1 is 0.559 bits per heavy atom. The molecule has 1 aromatic heterocycles. The second-order valence-corrected chi connectivity index (χ2v) is 17.1. The number of rotatable bonds is 9. The Morgan fingerprint density at radius 3 is 2.00 bits per heavy atom. The number of aromatic nitrogens is 3. The highest BCUT2D eigenvalue weighted by Crippen LogP contribution is 2.40. The Morgan fingerprint density at radius 2 is 1.27 bits per heavy atom. The van der Waals surface area contributed by atoms with E-state index in [-0.39, 0.29) is 66.2 Å².